The molecule has 3 atom stereocenters. The van der Waals surface area contributed by atoms with Crippen molar-refractivity contribution in [2.24, 2.45) is 0 Å². The highest BCUT2D eigenvalue weighted by molar-refractivity contribution is 8.07. The molecule has 1 saturated heterocycles. The van der Waals surface area contributed by atoms with Crippen molar-refractivity contribution in [3.05, 3.63) is 34.9 Å². The number of rotatable bonds is 4. The van der Waals surface area contributed by atoms with Gasteiger partial charge in [0.1, 0.15) is 0 Å². The summed E-state index contributed by atoms with van der Waals surface area (Å²) in [6.45, 7) is 6.53. The van der Waals surface area contributed by atoms with E-state index in [1.807, 2.05) is 23.5 Å². The Labute approximate surface area is 125 Å². The molecule has 1 aromatic carbocycles. The summed E-state index contributed by atoms with van der Waals surface area (Å²) in [6, 6.07) is 6.39. The summed E-state index contributed by atoms with van der Waals surface area (Å²) in [6.07, 6.45) is 1.74. The molecule has 0 amide bonds. The van der Waals surface area contributed by atoms with Gasteiger partial charge in [0.05, 0.1) is 6.10 Å². The van der Waals surface area contributed by atoms with E-state index in [2.05, 4.69) is 39.0 Å². The molecule has 1 aliphatic rings. The highest BCUT2D eigenvalue weighted by atomic mass is 32.2. The largest absolute Gasteiger partial charge is 0.392 e. The molecule has 0 radical (unpaired) electrons. The average Bonchev–Trinajstić information content (AvgIpc) is 2.42. The fourth-order valence-corrected chi connectivity index (χ4v) is 5.94. The molecule has 0 saturated carbocycles. The van der Waals surface area contributed by atoms with Crippen LogP contribution in [-0.2, 0) is 6.42 Å². The summed E-state index contributed by atoms with van der Waals surface area (Å²) in [4.78, 5) is 0. The van der Waals surface area contributed by atoms with E-state index in [1.165, 1.54) is 28.2 Å². The van der Waals surface area contributed by atoms with Gasteiger partial charge in [-0.25, -0.2) is 0 Å². The molecule has 19 heavy (non-hydrogen) atoms. The normalized spacial score (nSPS) is 25.3. The molecule has 1 aromatic rings. The number of thioether (sulfide) groups is 2. The van der Waals surface area contributed by atoms with Gasteiger partial charge in [-0.15, -0.1) is 0 Å². The Morgan fingerprint density at radius 3 is 2.47 bits per heavy atom. The predicted molar refractivity (Wildman–Crippen MR) is 88.4 cm³/mol. The Morgan fingerprint density at radius 1 is 1.21 bits per heavy atom. The third-order valence-electron chi connectivity index (χ3n) is 3.93. The molecule has 3 heteroatoms. The van der Waals surface area contributed by atoms with Crippen LogP contribution in [0.3, 0.4) is 0 Å². The van der Waals surface area contributed by atoms with E-state index in [-0.39, 0.29) is 6.10 Å². The van der Waals surface area contributed by atoms with Gasteiger partial charge in [-0.05, 0) is 43.4 Å². The second-order valence-electron chi connectivity index (χ2n) is 5.29. The van der Waals surface area contributed by atoms with Crippen molar-refractivity contribution in [2.45, 2.75) is 50.2 Å². The fraction of sp³-hybridized carbons (Fsp3) is 0.625. The summed E-state index contributed by atoms with van der Waals surface area (Å²) in [5, 5.41) is 11.6. The van der Waals surface area contributed by atoms with Gasteiger partial charge in [-0.3, -0.25) is 0 Å². The van der Waals surface area contributed by atoms with Crippen LogP contribution in [0.5, 0.6) is 0 Å². The second kappa shape index (κ2) is 7.05. The summed E-state index contributed by atoms with van der Waals surface area (Å²) in [7, 11) is 0. The predicted octanol–water partition coefficient (Wildman–Crippen LogP) is 3.83. The lowest BCUT2D eigenvalue weighted by molar-refractivity contribution is 0.169. The van der Waals surface area contributed by atoms with E-state index in [9.17, 15) is 5.11 Å². The lowest BCUT2D eigenvalue weighted by Gasteiger charge is -2.33. The molecule has 1 heterocycles. The highest BCUT2D eigenvalue weighted by Gasteiger charge is 2.31. The summed E-state index contributed by atoms with van der Waals surface area (Å²) < 4.78 is 0. The maximum atomic E-state index is 10.6. The molecular formula is C16H24OS2. The molecule has 0 spiro atoms. The zero-order valence-corrected chi connectivity index (χ0v) is 13.7. The minimum atomic E-state index is -0.220. The Morgan fingerprint density at radius 2 is 1.84 bits per heavy atom. The third-order valence-corrected chi connectivity index (χ3v) is 7.32. The van der Waals surface area contributed by atoms with Crippen LogP contribution < -0.4 is 0 Å². The Hall–Kier alpha value is -0.120. The summed E-state index contributed by atoms with van der Waals surface area (Å²) in [5.41, 5.74) is 3.95. The molecule has 0 bridgehead atoms. The van der Waals surface area contributed by atoms with Crippen molar-refractivity contribution in [3.8, 4) is 0 Å². The standard InChI is InChI=1S/C16H24OS2/c1-4-15-16(19-9-8-18-15)14(17)10-13-11(2)6-5-7-12(13)3/h5-7,14-17H,4,8-10H2,1-3H3. The topological polar surface area (TPSA) is 20.2 Å². The van der Waals surface area contributed by atoms with Crippen LogP contribution in [0.1, 0.15) is 30.0 Å². The monoisotopic (exact) mass is 296 g/mol. The number of hydrogen-bond acceptors (Lipinski definition) is 3. The lowest BCUT2D eigenvalue weighted by Crippen LogP contribution is -2.37. The van der Waals surface area contributed by atoms with E-state index in [0.29, 0.717) is 10.5 Å². The van der Waals surface area contributed by atoms with Gasteiger partial charge >= 0.3 is 0 Å². The van der Waals surface area contributed by atoms with Gasteiger partial charge in [0.2, 0.25) is 0 Å². The minimum absolute atomic E-state index is 0.220. The molecular weight excluding hydrogens is 272 g/mol. The second-order valence-corrected chi connectivity index (χ2v) is 7.93. The van der Waals surface area contributed by atoms with E-state index < -0.39 is 0 Å². The average molecular weight is 297 g/mol. The summed E-state index contributed by atoms with van der Waals surface area (Å²) in [5.74, 6) is 2.41. The maximum Gasteiger partial charge on any atom is 0.0709 e. The SMILES string of the molecule is CCC1SCCSC1C(O)Cc1c(C)cccc1C. The van der Waals surface area contributed by atoms with Gasteiger partial charge in [0.15, 0.2) is 0 Å². The van der Waals surface area contributed by atoms with Crippen molar-refractivity contribution in [1.29, 1.82) is 0 Å². The fourth-order valence-electron chi connectivity index (χ4n) is 2.79. The van der Waals surface area contributed by atoms with Crippen LogP contribution in [0.2, 0.25) is 0 Å². The van der Waals surface area contributed by atoms with Crippen LogP contribution >= 0.6 is 23.5 Å². The van der Waals surface area contributed by atoms with Gasteiger partial charge in [-0.2, -0.15) is 23.5 Å². The number of aryl methyl sites for hydroxylation is 2. The van der Waals surface area contributed by atoms with E-state index >= 15 is 0 Å². The Bertz CT molecular complexity index is 399. The van der Waals surface area contributed by atoms with E-state index in [4.69, 9.17) is 0 Å². The van der Waals surface area contributed by atoms with E-state index in [1.54, 1.807) is 0 Å². The van der Waals surface area contributed by atoms with Crippen molar-refractivity contribution in [3.63, 3.8) is 0 Å². The van der Waals surface area contributed by atoms with Crippen molar-refractivity contribution >= 4 is 23.5 Å². The van der Waals surface area contributed by atoms with Crippen molar-refractivity contribution < 1.29 is 5.11 Å². The first-order chi connectivity index (χ1) is 9.13. The Kier molecular flexibility index (Phi) is 5.67. The number of aliphatic hydroxyl groups excluding tert-OH is 1. The van der Waals surface area contributed by atoms with E-state index in [0.717, 1.165) is 12.8 Å². The third kappa shape index (κ3) is 3.71. The molecule has 1 aliphatic heterocycles. The van der Waals surface area contributed by atoms with Crippen LogP contribution in [-0.4, -0.2) is 33.2 Å². The maximum absolute atomic E-state index is 10.6. The molecule has 3 unspecified atom stereocenters. The van der Waals surface area contributed by atoms with Gasteiger partial charge in [0, 0.05) is 22.0 Å². The molecule has 1 fully saturated rings. The number of aliphatic hydroxyl groups is 1. The van der Waals surface area contributed by atoms with Crippen LogP contribution in [0, 0.1) is 13.8 Å². The number of hydrogen-bond donors (Lipinski definition) is 1. The van der Waals surface area contributed by atoms with Crippen molar-refractivity contribution in [1.82, 2.24) is 0 Å². The number of benzene rings is 1. The summed E-state index contributed by atoms with van der Waals surface area (Å²) >= 11 is 4.00. The highest BCUT2D eigenvalue weighted by Crippen LogP contribution is 2.36. The smallest absolute Gasteiger partial charge is 0.0709 e. The minimum Gasteiger partial charge on any atom is -0.392 e. The first-order valence-corrected chi connectivity index (χ1v) is 9.19. The molecule has 0 aromatic heterocycles. The molecule has 2 rings (SSSR count). The Balaban J connectivity index is 2.09. The first kappa shape index (κ1) is 15.3. The van der Waals surface area contributed by atoms with Crippen LogP contribution in [0.25, 0.3) is 0 Å². The van der Waals surface area contributed by atoms with Crippen molar-refractivity contribution in [2.75, 3.05) is 11.5 Å². The lowest BCUT2D eigenvalue weighted by atomic mass is 9.95. The van der Waals surface area contributed by atoms with Crippen LogP contribution in [0.15, 0.2) is 18.2 Å². The molecule has 106 valence electrons. The molecule has 1 N–H and O–H groups in total. The quantitative estimate of drug-likeness (QED) is 0.912. The van der Waals surface area contributed by atoms with Gasteiger partial charge in [-0.1, -0.05) is 25.1 Å². The molecule has 1 nitrogen and oxygen atoms in total. The van der Waals surface area contributed by atoms with Gasteiger partial charge in [0.25, 0.3) is 0 Å². The zero-order valence-electron chi connectivity index (χ0n) is 12.1. The van der Waals surface area contributed by atoms with Gasteiger partial charge < -0.3 is 5.11 Å². The zero-order chi connectivity index (χ0) is 13.8. The molecule has 0 aliphatic carbocycles. The van der Waals surface area contributed by atoms with Crippen LogP contribution in [0.4, 0.5) is 0 Å². The first-order valence-electron chi connectivity index (χ1n) is 7.09.